The van der Waals surface area contributed by atoms with E-state index in [4.69, 9.17) is 10.3 Å². The topological polar surface area (TPSA) is 114 Å². The van der Waals surface area contributed by atoms with Crippen molar-refractivity contribution in [2.75, 3.05) is 19.6 Å². The molecule has 1 aliphatic heterocycles. The molecule has 1 aliphatic carbocycles. The molecule has 37 heavy (non-hydrogen) atoms. The van der Waals surface area contributed by atoms with E-state index in [1.54, 1.807) is 12.1 Å². The maximum Gasteiger partial charge on any atom is 0.248 e. The highest BCUT2D eigenvalue weighted by Gasteiger charge is 2.29. The van der Waals surface area contributed by atoms with Crippen molar-refractivity contribution in [1.82, 2.24) is 20.4 Å². The number of piperidine rings is 1. The third-order valence-electron chi connectivity index (χ3n) is 7.75. The lowest BCUT2D eigenvalue weighted by molar-refractivity contribution is -0.128. The highest BCUT2D eigenvalue weighted by atomic mass is 16.5. The molecule has 194 valence electrons. The molecular weight excluding hydrogens is 466 g/mol. The van der Waals surface area contributed by atoms with Gasteiger partial charge in [0.25, 0.3) is 0 Å². The summed E-state index contributed by atoms with van der Waals surface area (Å²) in [5, 5.41) is 7.50. The van der Waals surface area contributed by atoms with Gasteiger partial charge in [0, 0.05) is 30.4 Å². The Hall–Kier alpha value is -3.52. The zero-order valence-corrected chi connectivity index (χ0v) is 21.1. The number of hydrogen-bond acceptors (Lipinski definition) is 6. The molecule has 2 fully saturated rings. The molecule has 2 aromatic carbocycles. The fourth-order valence-electron chi connectivity index (χ4n) is 5.16. The summed E-state index contributed by atoms with van der Waals surface area (Å²) in [6.45, 7) is 2.87. The lowest BCUT2D eigenvalue weighted by Crippen LogP contribution is -2.39. The lowest BCUT2D eigenvalue weighted by Gasteiger charge is -2.32. The van der Waals surface area contributed by atoms with Crippen molar-refractivity contribution in [3.8, 4) is 0 Å². The van der Waals surface area contributed by atoms with Gasteiger partial charge in [-0.05, 0) is 68.5 Å². The number of nitrogens with zero attached hydrogens (tertiary/aromatic N) is 3. The van der Waals surface area contributed by atoms with Crippen molar-refractivity contribution < 1.29 is 14.1 Å². The standard InChI is InChI=1S/C29H35N5O3/c30-27(35)22-11-9-20(10-12-22)19-26-32-29(37-33-26)24-13-16-34(17-14-24)18-15-25(21-5-2-1-3-6-21)31-28(36)23-7-4-8-23/h1-3,5-6,9-12,23-25H,4,7-8,13-19H2,(H2,30,35)(H,31,36)/t25-/m0/s1. The Morgan fingerprint density at radius 3 is 2.41 bits per heavy atom. The molecular formula is C29H35N5O3. The van der Waals surface area contributed by atoms with E-state index >= 15 is 0 Å². The van der Waals surface area contributed by atoms with Gasteiger partial charge in [0.1, 0.15) is 0 Å². The Morgan fingerprint density at radius 1 is 1.03 bits per heavy atom. The summed E-state index contributed by atoms with van der Waals surface area (Å²) in [5.41, 5.74) is 7.98. The van der Waals surface area contributed by atoms with Gasteiger partial charge in [-0.1, -0.05) is 54.0 Å². The summed E-state index contributed by atoms with van der Waals surface area (Å²) >= 11 is 0. The molecule has 3 N–H and O–H groups in total. The maximum atomic E-state index is 12.7. The van der Waals surface area contributed by atoms with Crippen molar-refractivity contribution in [2.24, 2.45) is 11.7 Å². The molecule has 0 unspecified atom stereocenters. The second-order valence-electron chi connectivity index (χ2n) is 10.3. The summed E-state index contributed by atoms with van der Waals surface area (Å²) < 4.78 is 5.61. The number of nitrogens with one attached hydrogen (secondary N) is 1. The predicted molar refractivity (Wildman–Crippen MR) is 140 cm³/mol. The number of carbonyl (C=O) groups is 2. The number of likely N-dealkylation sites (tertiary alicyclic amines) is 1. The summed E-state index contributed by atoms with van der Waals surface area (Å²) in [6.07, 6.45) is 6.58. The third-order valence-corrected chi connectivity index (χ3v) is 7.75. The fraction of sp³-hybridized carbons (Fsp3) is 0.448. The number of rotatable bonds is 10. The van der Waals surface area contributed by atoms with E-state index in [-0.39, 0.29) is 23.8 Å². The largest absolute Gasteiger partial charge is 0.366 e. The van der Waals surface area contributed by atoms with Crippen molar-refractivity contribution in [3.05, 3.63) is 83.0 Å². The Bertz CT molecular complexity index is 1180. The SMILES string of the molecule is NC(=O)c1ccc(Cc2noc(C3CCN(CC[C@H](NC(=O)C4CCC4)c4ccccc4)CC3)n2)cc1. The van der Waals surface area contributed by atoms with E-state index in [0.29, 0.717) is 23.7 Å². The summed E-state index contributed by atoms with van der Waals surface area (Å²) in [6, 6.07) is 17.5. The van der Waals surface area contributed by atoms with Crippen LogP contribution in [0.15, 0.2) is 59.1 Å². The van der Waals surface area contributed by atoms with Crippen LogP contribution in [0.2, 0.25) is 0 Å². The van der Waals surface area contributed by atoms with Crippen LogP contribution in [-0.4, -0.2) is 46.5 Å². The normalized spacial score (nSPS) is 17.7. The smallest absolute Gasteiger partial charge is 0.248 e. The second kappa shape index (κ2) is 11.7. The Labute approximate surface area is 217 Å². The van der Waals surface area contributed by atoms with Crippen LogP contribution in [0.1, 0.15) is 83.7 Å². The lowest BCUT2D eigenvalue weighted by atomic mass is 9.84. The molecule has 1 atom stereocenters. The summed E-state index contributed by atoms with van der Waals surface area (Å²) in [7, 11) is 0. The molecule has 3 aromatic rings. The van der Waals surface area contributed by atoms with Gasteiger partial charge < -0.3 is 20.5 Å². The zero-order valence-electron chi connectivity index (χ0n) is 21.1. The van der Waals surface area contributed by atoms with E-state index in [1.165, 1.54) is 5.56 Å². The van der Waals surface area contributed by atoms with Crippen molar-refractivity contribution in [1.29, 1.82) is 0 Å². The zero-order chi connectivity index (χ0) is 25.6. The number of hydrogen-bond donors (Lipinski definition) is 2. The Kier molecular flexibility index (Phi) is 7.94. The van der Waals surface area contributed by atoms with Gasteiger partial charge in [-0.25, -0.2) is 0 Å². The Balaban J connectivity index is 1.11. The molecule has 0 spiro atoms. The van der Waals surface area contributed by atoms with E-state index in [9.17, 15) is 9.59 Å². The van der Waals surface area contributed by atoms with Crippen LogP contribution in [-0.2, 0) is 11.2 Å². The van der Waals surface area contributed by atoms with E-state index in [0.717, 1.165) is 63.7 Å². The third kappa shape index (κ3) is 6.43. The first kappa shape index (κ1) is 25.1. The average molecular weight is 502 g/mol. The van der Waals surface area contributed by atoms with Gasteiger partial charge in [-0.2, -0.15) is 4.98 Å². The first-order chi connectivity index (χ1) is 18.0. The molecule has 2 amide bonds. The van der Waals surface area contributed by atoms with Gasteiger partial charge in [0.15, 0.2) is 5.82 Å². The number of aromatic nitrogens is 2. The van der Waals surface area contributed by atoms with Gasteiger partial charge in [-0.3, -0.25) is 9.59 Å². The van der Waals surface area contributed by atoms with Crippen molar-refractivity contribution in [2.45, 2.75) is 56.9 Å². The minimum atomic E-state index is -0.436. The van der Waals surface area contributed by atoms with Crippen LogP contribution >= 0.6 is 0 Å². The Morgan fingerprint density at radius 2 is 1.76 bits per heavy atom. The first-order valence-electron chi connectivity index (χ1n) is 13.3. The average Bonchev–Trinajstić information content (AvgIpc) is 3.35. The molecule has 5 rings (SSSR count). The van der Waals surface area contributed by atoms with Crippen LogP contribution in [0.4, 0.5) is 0 Å². The summed E-state index contributed by atoms with van der Waals surface area (Å²) in [4.78, 5) is 31.0. The fourth-order valence-corrected chi connectivity index (χ4v) is 5.16. The number of carbonyl (C=O) groups excluding carboxylic acids is 2. The molecule has 2 aliphatic rings. The van der Waals surface area contributed by atoms with Crippen LogP contribution in [0.25, 0.3) is 0 Å². The van der Waals surface area contributed by atoms with Gasteiger partial charge in [0.05, 0.1) is 6.04 Å². The van der Waals surface area contributed by atoms with Crippen molar-refractivity contribution >= 4 is 11.8 Å². The molecule has 1 saturated heterocycles. The maximum absolute atomic E-state index is 12.7. The van der Waals surface area contributed by atoms with Crippen molar-refractivity contribution in [3.63, 3.8) is 0 Å². The molecule has 8 heteroatoms. The number of benzene rings is 2. The van der Waals surface area contributed by atoms with Crippen LogP contribution < -0.4 is 11.1 Å². The van der Waals surface area contributed by atoms with Gasteiger partial charge in [0.2, 0.25) is 17.7 Å². The molecule has 8 nitrogen and oxygen atoms in total. The van der Waals surface area contributed by atoms with E-state index in [2.05, 4.69) is 32.5 Å². The molecule has 2 heterocycles. The summed E-state index contributed by atoms with van der Waals surface area (Å²) in [5.74, 6) is 1.58. The molecule has 1 saturated carbocycles. The predicted octanol–water partition coefficient (Wildman–Crippen LogP) is 3.99. The van der Waals surface area contributed by atoms with E-state index < -0.39 is 5.91 Å². The number of nitrogens with two attached hydrogens (primary N) is 1. The molecule has 0 radical (unpaired) electrons. The quantitative estimate of drug-likeness (QED) is 0.434. The molecule has 1 aromatic heterocycles. The molecule has 0 bridgehead atoms. The minimum absolute atomic E-state index is 0.0440. The highest BCUT2D eigenvalue weighted by Crippen LogP contribution is 2.30. The first-order valence-corrected chi connectivity index (χ1v) is 13.3. The highest BCUT2D eigenvalue weighted by molar-refractivity contribution is 5.92. The van der Waals surface area contributed by atoms with Crippen LogP contribution in [0.5, 0.6) is 0 Å². The minimum Gasteiger partial charge on any atom is -0.366 e. The number of amides is 2. The van der Waals surface area contributed by atoms with Gasteiger partial charge in [-0.15, -0.1) is 0 Å². The monoisotopic (exact) mass is 501 g/mol. The van der Waals surface area contributed by atoms with Crippen LogP contribution in [0.3, 0.4) is 0 Å². The van der Waals surface area contributed by atoms with Gasteiger partial charge >= 0.3 is 0 Å². The van der Waals surface area contributed by atoms with Crippen LogP contribution in [0, 0.1) is 5.92 Å². The number of primary amides is 1. The second-order valence-corrected chi connectivity index (χ2v) is 10.3. The van der Waals surface area contributed by atoms with E-state index in [1.807, 2.05) is 30.3 Å².